The Labute approximate surface area is 123 Å². The molecule has 108 valence electrons. The summed E-state index contributed by atoms with van der Waals surface area (Å²) in [7, 11) is 0. The van der Waals surface area contributed by atoms with E-state index in [4.69, 9.17) is 0 Å². The number of benzene rings is 2. The average molecular weight is 284 g/mol. The van der Waals surface area contributed by atoms with E-state index >= 15 is 0 Å². The first-order chi connectivity index (χ1) is 10.1. The molecule has 0 N–H and O–H groups in total. The maximum atomic E-state index is 12.5. The number of carbonyl (C=O) groups excluding carboxylic acids is 1. The molecular formula is C16H16N2O3. The van der Waals surface area contributed by atoms with E-state index < -0.39 is 4.92 Å². The van der Waals surface area contributed by atoms with Gasteiger partial charge in [0.25, 0.3) is 11.6 Å². The smallest absolute Gasteiger partial charge is 0.282 e. The molecule has 0 radical (unpaired) electrons. The molecule has 5 heteroatoms. The van der Waals surface area contributed by atoms with E-state index in [1.807, 2.05) is 37.3 Å². The minimum Gasteiger partial charge on any atom is -0.334 e. The van der Waals surface area contributed by atoms with Gasteiger partial charge in [-0.25, -0.2) is 0 Å². The maximum Gasteiger partial charge on any atom is 0.282 e. The molecular weight excluding hydrogens is 268 g/mol. The third-order valence-electron chi connectivity index (χ3n) is 3.22. The highest BCUT2D eigenvalue weighted by molar-refractivity contribution is 5.98. The van der Waals surface area contributed by atoms with Crippen LogP contribution in [0.5, 0.6) is 0 Å². The Morgan fingerprint density at radius 2 is 1.71 bits per heavy atom. The largest absolute Gasteiger partial charge is 0.334 e. The summed E-state index contributed by atoms with van der Waals surface area (Å²) in [5.74, 6) is -0.325. The number of rotatable bonds is 5. The van der Waals surface area contributed by atoms with Crippen molar-refractivity contribution in [3.63, 3.8) is 0 Å². The lowest BCUT2D eigenvalue weighted by atomic mass is 10.1. The van der Waals surface area contributed by atoms with Crippen molar-refractivity contribution >= 4 is 11.6 Å². The van der Waals surface area contributed by atoms with Crippen LogP contribution in [0, 0.1) is 10.1 Å². The molecule has 2 aromatic rings. The molecule has 0 unspecified atom stereocenters. The molecule has 0 fully saturated rings. The van der Waals surface area contributed by atoms with Crippen molar-refractivity contribution in [2.45, 2.75) is 13.5 Å². The fraction of sp³-hybridized carbons (Fsp3) is 0.188. The third-order valence-corrected chi connectivity index (χ3v) is 3.22. The first kappa shape index (κ1) is 14.7. The first-order valence-corrected chi connectivity index (χ1v) is 6.70. The van der Waals surface area contributed by atoms with Crippen LogP contribution in [0.4, 0.5) is 5.69 Å². The van der Waals surface area contributed by atoms with Crippen LogP contribution in [-0.2, 0) is 6.54 Å². The number of nitro groups is 1. The van der Waals surface area contributed by atoms with Crippen LogP contribution in [-0.4, -0.2) is 22.3 Å². The van der Waals surface area contributed by atoms with Gasteiger partial charge in [-0.2, -0.15) is 0 Å². The number of carbonyl (C=O) groups is 1. The van der Waals surface area contributed by atoms with E-state index in [9.17, 15) is 14.9 Å². The minimum absolute atomic E-state index is 0.125. The second kappa shape index (κ2) is 6.65. The molecule has 1 amide bonds. The average Bonchev–Trinajstić information content (AvgIpc) is 2.53. The summed E-state index contributed by atoms with van der Waals surface area (Å²) < 4.78 is 0. The van der Waals surface area contributed by atoms with Crippen LogP contribution < -0.4 is 0 Å². The SMILES string of the molecule is CCN(Cc1ccccc1)C(=O)c1ccccc1[N+](=O)[O-]. The highest BCUT2D eigenvalue weighted by Crippen LogP contribution is 2.20. The molecule has 0 aromatic heterocycles. The molecule has 0 aliphatic rings. The summed E-state index contributed by atoms with van der Waals surface area (Å²) in [4.78, 5) is 24.6. The van der Waals surface area contributed by atoms with Crippen molar-refractivity contribution in [2.24, 2.45) is 0 Å². The molecule has 21 heavy (non-hydrogen) atoms. The Kier molecular flexibility index (Phi) is 4.66. The fourth-order valence-electron chi connectivity index (χ4n) is 2.12. The zero-order valence-corrected chi connectivity index (χ0v) is 11.7. The molecule has 0 aliphatic carbocycles. The van der Waals surface area contributed by atoms with Crippen LogP contribution in [0.2, 0.25) is 0 Å². The van der Waals surface area contributed by atoms with Gasteiger partial charge in [0.1, 0.15) is 5.56 Å². The van der Waals surface area contributed by atoms with Crippen LogP contribution >= 0.6 is 0 Å². The highest BCUT2D eigenvalue weighted by atomic mass is 16.6. The fourth-order valence-corrected chi connectivity index (χ4v) is 2.12. The summed E-state index contributed by atoms with van der Waals surface area (Å²) in [5, 5.41) is 11.0. The monoisotopic (exact) mass is 284 g/mol. The zero-order chi connectivity index (χ0) is 15.2. The zero-order valence-electron chi connectivity index (χ0n) is 11.7. The Morgan fingerprint density at radius 3 is 2.33 bits per heavy atom. The van der Waals surface area contributed by atoms with Gasteiger partial charge >= 0.3 is 0 Å². The van der Waals surface area contributed by atoms with Gasteiger partial charge < -0.3 is 4.90 Å². The van der Waals surface area contributed by atoms with Crippen LogP contribution in [0.1, 0.15) is 22.8 Å². The van der Waals surface area contributed by atoms with Gasteiger partial charge in [-0.15, -0.1) is 0 Å². The number of nitro benzene ring substituents is 1. The van der Waals surface area contributed by atoms with Crippen molar-refractivity contribution in [3.05, 3.63) is 75.8 Å². The van der Waals surface area contributed by atoms with Crippen LogP contribution in [0.3, 0.4) is 0 Å². The lowest BCUT2D eigenvalue weighted by molar-refractivity contribution is -0.385. The second-order valence-electron chi connectivity index (χ2n) is 4.58. The van der Waals surface area contributed by atoms with E-state index in [0.29, 0.717) is 13.1 Å². The minimum atomic E-state index is -0.524. The van der Waals surface area contributed by atoms with Crippen molar-refractivity contribution in [3.8, 4) is 0 Å². The Balaban J connectivity index is 2.27. The predicted octanol–water partition coefficient (Wildman–Crippen LogP) is 3.26. The molecule has 0 spiro atoms. The molecule has 0 heterocycles. The van der Waals surface area contributed by atoms with Crippen LogP contribution in [0.15, 0.2) is 54.6 Å². The van der Waals surface area contributed by atoms with E-state index in [1.165, 1.54) is 12.1 Å². The van der Waals surface area contributed by atoms with E-state index in [2.05, 4.69) is 0 Å². The Bertz CT molecular complexity index is 641. The molecule has 0 bridgehead atoms. The second-order valence-corrected chi connectivity index (χ2v) is 4.58. The number of hydrogen-bond acceptors (Lipinski definition) is 3. The highest BCUT2D eigenvalue weighted by Gasteiger charge is 2.23. The molecule has 0 aliphatic heterocycles. The quantitative estimate of drug-likeness (QED) is 0.625. The molecule has 0 atom stereocenters. The van der Waals surface area contributed by atoms with Gasteiger partial charge in [0.15, 0.2) is 0 Å². The van der Waals surface area contributed by atoms with Crippen LogP contribution in [0.25, 0.3) is 0 Å². The summed E-state index contributed by atoms with van der Waals surface area (Å²) in [6.45, 7) is 2.78. The van der Waals surface area contributed by atoms with Gasteiger partial charge in [0.05, 0.1) is 4.92 Å². The summed E-state index contributed by atoms with van der Waals surface area (Å²) in [6, 6.07) is 15.6. The van der Waals surface area contributed by atoms with E-state index in [-0.39, 0.29) is 17.2 Å². The number of para-hydroxylation sites is 1. The van der Waals surface area contributed by atoms with Gasteiger partial charge in [-0.3, -0.25) is 14.9 Å². The standard InChI is InChI=1S/C16H16N2O3/c1-2-17(12-13-8-4-3-5-9-13)16(19)14-10-6-7-11-15(14)18(20)21/h3-11H,2,12H2,1H3. The lowest BCUT2D eigenvalue weighted by Gasteiger charge is -2.21. The molecule has 0 saturated heterocycles. The van der Waals surface area contributed by atoms with Crippen molar-refractivity contribution in [1.82, 2.24) is 4.90 Å². The van der Waals surface area contributed by atoms with Crippen molar-refractivity contribution in [2.75, 3.05) is 6.54 Å². The van der Waals surface area contributed by atoms with E-state index in [0.717, 1.165) is 5.56 Å². The van der Waals surface area contributed by atoms with Gasteiger partial charge in [0.2, 0.25) is 0 Å². The van der Waals surface area contributed by atoms with E-state index in [1.54, 1.807) is 17.0 Å². The summed E-state index contributed by atoms with van der Waals surface area (Å²) >= 11 is 0. The summed E-state index contributed by atoms with van der Waals surface area (Å²) in [5.41, 5.74) is 0.959. The lowest BCUT2D eigenvalue weighted by Crippen LogP contribution is -2.30. The first-order valence-electron chi connectivity index (χ1n) is 6.70. The topological polar surface area (TPSA) is 63.5 Å². The Hall–Kier alpha value is -2.69. The Morgan fingerprint density at radius 1 is 1.10 bits per heavy atom. The molecule has 5 nitrogen and oxygen atoms in total. The summed E-state index contributed by atoms with van der Waals surface area (Å²) in [6.07, 6.45) is 0. The van der Waals surface area contributed by atoms with Gasteiger partial charge in [0, 0.05) is 19.2 Å². The maximum absolute atomic E-state index is 12.5. The third kappa shape index (κ3) is 3.45. The number of nitrogens with zero attached hydrogens (tertiary/aromatic N) is 2. The predicted molar refractivity (Wildman–Crippen MR) is 80.0 cm³/mol. The van der Waals surface area contributed by atoms with Crippen molar-refractivity contribution < 1.29 is 9.72 Å². The van der Waals surface area contributed by atoms with Gasteiger partial charge in [-0.1, -0.05) is 42.5 Å². The normalized spacial score (nSPS) is 10.1. The van der Waals surface area contributed by atoms with Crippen molar-refractivity contribution in [1.29, 1.82) is 0 Å². The number of hydrogen-bond donors (Lipinski definition) is 0. The van der Waals surface area contributed by atoms with Gasteiger partial charge in [-0.05, 0) is 18.6 Å². The number of amides is 1. The molecule has 2 rings (SSSR count). The molecule has 2 aromatic carbocycles. The molecule has 0 saturated carbocycles.